The van der Waals surface area contributed by atoms with Crippen molar-refractivity contribution in [3.63, 3.8) is 0 Å². The first-order valence-electron chi connectivity index (χ1n) is 5.50. The SMILES string of the molecule is Cc1ncc2nnn(Cc3ccccc3F)c2n1. The van der Waals surface area contributed by atoms with E-state index in [-0.39, 0.29) is 5.82 Å². The van der Waals surface area contributed by atoms with Gasteiger partial charge in [0.25, 0.3) is 0 Å². The van der Waals surface area contributed by atoms with E-state index in [0.29, 0.717) is 29.1 Å². The lowest BCUT2D eigenvalue weighted by molar-refractivity contribution is 0.582. The van der Waals surface area contributed by atoms with Crippen molar-refractivity contribution in [2.45, 2.75) is 13.5 Å². The molecule has 0 saturated heterocycles. The van der Waals surface area contributed by atoms with Gasteiger partial charge in [0, 0.05) is 5.56 Å². The van der Waals surface area contributed by atoms with Crippen LogP contribution < -0.4 is 0 Å². The van der Waals surface area contributed by atoms with Gasteiger partial charge in [-0.3, -0.25) is 0 Å². The summed E-state index contributed by atoms with van der Waals surface area (Å²) < 4.78 is 15.1. The van der Waals surface area contributed by atoms with Crippen molar-refractivity contribution in [3.8, 4) is 0 Å². The minimum Gasteiger partial charge on any atom is -0.239 e. The van der Waals surface area contributed by atoms with Gasteiger partial charge >= 0.3 is 0 Å². The Morgan fingerprint density at radius 3 is 2.94 bits per heavy atom. The molecule has 3 rings (SSSR count). The van der Waals surface area contributed by atoms with Gasteiger partial charge in [0.1, 0.15) is 11.6 Å². The summed E-state index contributed by atoms with van der Waals surface area (Å²) in [4.78, 5) is 8.31. The molecule has 0 unspecified atom stereocenters. The van der Waals surface area contributed by atoms with E-state index in [1.165, 1.54) is 6.07 Å². The molecular weight excluding hydrogens is 233 g/mol. The zero-order valence-corrected chi connectivity index (χ0v) is 9.71. The fourth-order valence-corrected chi connectivity index (χ4v) is 1.75. The summed E-state index contributed by atoms with van der Waals surface area (Å²) in [5.74, 6) is 0.381. The normalized spacial score (nSPS) is 11.0. The molecule has 0 radical (unpaired) electrons. The van der Waals surface area contributed by atoms with Gasteiger partial charge in [-0.05, 0) is 13.0 Å². The maximum Gasteiger partial charge on any atom is 0.182 e. The summed E-state index contributed by atoms with van der Waals surface area (Å²) in [5.41, 5.74) is 1.78. The number of benzene rings is 1. The summed E-state index contributed by atoms with van der Waals surface area (Å²) in [7, 11) is 0. The van der Waals surface area contributed by atoms with E-state index >= 15 is 0 Å². The lowest BCUT2D eigenvalue weighted by Crippen LogP contribution is -2.05. The van der Waals surface area contributed by atoms with Crippen LogP contribution in [0.25, 0.3) is 11.2 Å². The van der Waals surface area contributed by atoms with Crippen LogP contribution in [0, 0.1) is 12.7 Å². The van der Waals surface area contributed by atoms with Crippen LogP contribution in [0.2, 0.25) is 0 Å². The fourth-order valence-electron chi connectivity index (χ4n) is 1.75. The van der Waals surface area contributed by atoms with Crippen molar-refractivity contribution in [3.05, 3.63) is 47.7 Å². The third kappa shape index (κ3) is 1.81. The number of rotatable bonds is 2. The Labute approximate surface area is 102 Å². The van der Waals surface area contributed by atoms with Gasteiger partial charge in [-0.25, -0.2) is 19.0 Å². The Kier molecular flexibility index (Phi) is 2.47. The minimum absolute atomic E-state index is 0.257. The van der Waals surface area contributed by atoms with E-state index < -0.39 is 0 Å². The molecule has 0 aliphatic heterocycles. The fraction of sp³-hybridized carbons (Fsp3) is 0.167. The highest BCUT2D eigenvalue weighted by atomic mass is 19.1. The number of aryl methyl sites for hydroxylation is 1. The highest BCUT2D eigenvalue weighted by molar-refractivity contribution is 5.68. The standard InChI is InChI=1S/C12H10FN5/c1-8-14-6-11-12(15-8)18(17-16-11)7-9-4-2-3-5-10(9)13/h2-6H,7H2,1H3. The molecule has 3 aromatic rings. The molecular formula is C12H10FN5. The number of halogens is 1. The molecule has 0 atom stereocenters. The first-order chi connectivity index (χ1) is 8.74. The topological polar surface area (TPSA) is 56.5 Å². The smallest absolute Gasteiger partial charge is 0.182 e. The molecule has 0 aliphatic rings. The lowest BCUT2D eigenvalue weighted by atomic mass is 10.2. The van der Waals surface area contributed by atoms with Gasteiger partial charge in [0.15, 0.2) is 11.2 Å². The molecule has 6 heteroatoms. The number of nitrogens with zero attached hydrogens (tertiary/aromatic N) is 5. The summed E-state index contributed by atoms with van der Waals surface area (Å²) in [6, 6.07) is 6.59. The molecule has 90 valence electrons. The van der Waals surface area contributed by atoms with E-state index in [4.69, 9.17) is 0 Å². The predicted molar refractivity (Wildman–Crippen MR) is 63.4 cm³/mol. The van der Waals surface area contributed by atoms with Crippen molar-refractivity contribution in [2.24, 2.45) is 0 Å². The van der Waals surface area contributed by atoms with Crippen LogP contribution in [-0.2, 0) is 6.54 Å². The van der Waals surface area contributed by atoms with Gasteiger partial charge in [0.2, 0.25) is 0 Å². The molecule has 0 spiro atoms. The summed E-state index contributed by atoms with van der Waals surface area (Å²) in [5, 5.41) is 7.92. The number of fused-ring (bicyclic) bond motifs is 1. The molecule has 5 nitrogen and oxygen atoms in total. The third-order valence-electron chi connectivity index (χ3n) is 2.65. The Bertz CT molecular complexity index is 707. The van der Waals surface area contributed by atoms with E-state index in [1.54, 1.807) is 36.0 Å². The van der Waals surface area contributed by atoms with Crippen molar-refractivity contribution >= 4 is 11.2 Å². The largest absolute Gasteiger partial charge is 0.239 e. The Morgan fingerprint density at radius 1 is 1.28 bits per heavy atom. The molecule has 18 heavy (non-hydrogen) atoms. The van der Waals surface area contributed by atoms with Gasteiger partial charge in [-0.2, -0.15) is 0 Å². The average Bonchev–Trinajstić information content (AvgIpc) is 2.75. The van der Waals surface area contributed by atoms with Gasteiger partial charge in [-0.15, -0.1) is 5.10 Å². The molecule has 0 amide bonds. The average molecular weight is 243 g/mol. The first kappa shape index (κ1) is 10.8. The maximum absolute atomic E-state index is 13.6. The number of aromatic nitrogens is 5. The predicted octanol–water partition coefficient (Wildman–Crippen LogP) is 1.72. The Hall–Kier alpha value is -2.37. The van der Waals surface area contributed by atoms with Crippen molar-refractivity contribution in [1.82, 2.24) is 25.0 Å². The number of hydrogen-bond acceptors (Lipinski definition) is 4. The van der Waals surface area contributed by atoms with Gasteiger partial charge in [-0.1, -0.05) is 23.4 Å². The second-order valence-corrected chi connectivity index (χ2v) is 3.96. The lowest BCUT2D eigenvalue weighted by Gasteiger charge is -2.03. The molecule has 0 aliphatic carbocycles. The maximum atomic E-state index is 13.6. The van der Waals surface area contributed by atoms with E-state index in [1.807, 2.05) is 0 Å². The molecule has 0 bridgehead atoms. The molecule has 2 aromatic heterocycles. The van der Waals surface area contributed by atoms with Crippen LogP contribution in [0.15, 0.2) is 30.5 Å². The zero-order chi connectivity index (χ0) is 12.5. The Balaban J connectivity index is 2.05. The highest BCUT2D eigenvalue weighted by Gasteiger charge is 2.09. The second-order valence-electron chi connectivity index (χ2n) is 3.96. The number of hydrogen-bond donors (Lipinski definition) is 0. The van der Waals surface area contributed by atoms with Gasteiger partial charge in [0.05, 0.1) is 12.7 Å². The van der Waals surface area contributed by atoms with Crippen LogP contribution in [-0.4, -0.2) is 25.0 Å². The summed E-state index contributed by atoms with van der Waals surface area (Å²) in [6.07, 6.45) is 1.61. The third-order valence-corrected chi connectivity index (χ3v) is 2.65. The molecule has 0 fully saturated rings. The minimum atomic E-state index is -0.257. The van der Waals surface area contributed by atoms with Crippen molar-refractivity contribution < 1.29 is 4.39 Å². The van der Waals surface area contributed by atoms with Crippen LogP contribution in [0.4, 0.5) is 4.39 Å². The van der Waals surface area contributed by atoms with Crippen LogP contribution in [0.3, 0.4) is 0 Å². The van der Waals surface area contributed by atoms with E-state index in [9.17, 15) is 4.39 Å². The molecule has 0 saturated carbocycles. The second kappa shape index (κ2) is 4.14. The first-order valence-corrected chi connectivity index (χ1v) is 5.50. The Morgan fingerprint density at radius 2 is 2.11 bits per heavy atom. The summed E-state index contributed by atoms with van der Waals surface area (Å²) >= 11 is 0. The molecule has 1 aromatic carbocycles. The summed E-state index contributed by atoms with van der Waals surface area (Å²) in [6.45, 7) is 2.10. The van der Waals surface area contributed by atoms with Crippen molar-refractivity contribution in [1.29, 1.82) is 0 Å². The van der Waals surface area contributed by atoms with E-state index in [2.05, 4.69) is 20.3 Å². The van der Waals surface area contributed by atoms with E-state index in [0.717, 1.165) is 0 Å². The van der Waals surface area contributed by atoms with Crippen LogP contribution >= 0.6 is 0 Å². The van der Waals surface area contributed by atoms with Crippen LogP contribution in [0.5, 0.6) is 0 Å². The van der Waals surface area contributed by atoms with Gasteiger partial charge < -0.3 is 0 Å². The zero-order valence-electron chi connectivity index (χ0n) is 9.71. The van der Waals surface area contributed by atoms with Crippen molar-refractivity contribution in [2.75, 3.05) is 0 Å². The van der Waals surface area contributed by atoms with Crippen LogP contribution in [0.1, 0.15) is 11.4 Å². The molecule has 2 heterocycles. The highest BCUT2D eigenvalue weighted by Crippen LogP contribution is 2.12. The monoisotopic (exact) mass is 243 g/mol. The molecule has 0 N–H and O–H groups in total. The quantitative estimate of drug-likeness (QED) is 0.687.